The summed E-state index contributed by atoms with van der Waals surface area (Å²) in [5.41, 5.74) is 2.37. The van der Waals surface area contributed by atoms with Crippen LogP contribution in [0.5, 0.6) is 5.75 Å². The van der Waals surface area contributed by atoms with Crippen LogP contribution in [0.4, 0.5) is 11.5 Å². The molecule has 4 heterocycles. The number of thiophene rings is 1. The molecule has 0 spiro atoms. The number of benzene rings is 1. The van der Waals surface area contributed by atoms with Crippen molar-refractivity contribution in [1.29, 1.82) is 0 Å². The maximum Gasteiger partial charge on any atom is 0.248 e. The van der Waals surface area contributed by atoms with Crippen LogP contribution in [0.3, 0.4) is 0 Å². The van der Waals surface area contributed by atoms with Gasteiger partial charge in [-0.1, -0.05) is 12.1 Å². The molecule has 0 aliphatic carbocycles. The predicted molar refractivity (Wildman–Crippen MR) is 131 cm³/mol. The van der Waals surface area contributed by atoms with Gasteiger partial charge in [0.25, 0.3) is 0 Å². The molecule has 1 saturated heterocycles. The number of fused-ring (bicyclic) bond motifs is 1. The second-order valence-corrected chi connectivity index (χ2v) is 8.70. The number of pyridine rings is 1. The lowest BCUT2D eigenvalue weighted by Crippen LogP contribution is -2.37. The van der Waals surface area contributed by atoms with Gasteiger partial charge in [0.1, 0.15) is 5.75 Å². The van der Waals surface area contributed by atoms with Crippen molar-refractivity contribution < 1.29 is 9.47 Å². The number of ether oxygens (including phenoxy) is 2. The maximum atomic E-state index is 11.4. The minimum atomic E-state index is -0.146. The standard InChI is InChI=1S/C24H25N5O3S/c30-21-6-5-18(16-25-21)26-24-22-20(7-14-33-22)27-23(28-24)17-3-1-4-19(15-17)32-11-2-8-29-9-12-31-13-10-29/h1,3-7,14-16H,2,8-13H2,(H,25,30)(H,26,27,28). The summed E-state index contributed by atoms with van der Waals surface area (Å²) in [4.78, 5) is 26.0. The van der Waals surface area contributed by atoms with Gasteiger partial charge < -0.3 is 19.8 Å². The molecule has 8 nitrogen and oxygen atoms in total. The number of aromatic amines is 1. The molecule has 0 radical (unpaired) electrons. The highest BCUT2D eigenvalue weighted by atomic mass is 32.1. The summed E-state index contributed by atoms with van der Waals surface area (Å²) in [7, 11) is 0. The van der Waals surface area contributed by atoms with Crippen LogP contribution in [-0.4, -0.2) is 59.3 Å². The van der Waals surface area contributed by atoms with Gasteiger partial charge in [-0.25, -0.2) is 9.97 Å². The fraction of sp³-hybridized carbons (Fsp3) is 0.292. The molecule has 0 atom stereocenters. The highest BCUT2D eigenvalue weighted by Crippen LogP contribution is 2.31. The van der Waals surface area contributed by atoms with E-state index in [2.05, 4.69) is 15.2 Å². The van der Waals surface area contributed by atoms with E-state index in [4.69, 9.17) is 19.4 Å². The van der Waals surface area contributed by atoms with Crippen molar-refractivity contribution in [3.8, 4) is 17.1 Å². The zero-order chi connectivity index (χ0) is 22.5. The zero-order valence-corrected chi connectivity index (χ0v) is 18.9. The molecule has 1 aliphatic rings. The molecule has 3 aromatic heterocycles. The Morgan fingerprint density at radius 1 is 1.15 bits per heavy atom. The Kier molecular flexibility index (Phi) is 6.61. The number of nitrogens with one attached hydrogen (secondary N) is 2. The van der Waals surface area contributed by atoms with Crippen LogP contribution < -0.4 is 15.6 Å². The molecule has 9 heteroatoms. The lowest BCUT2D eigenvalue weighted by Gasteiger charge is -2.26. The third kappa shape index (κ3) is 5.39. The van der Waals surface area contributed by atoms with Crippen molar-refractivity contribution in [1.82, 2.24) is 19.9 Å². The summed E-state index contributed by atoms with van der Waals surface area (Å²) in [6, 6.07) is 13.1. The molecule has 0 unspecified atom stereocenters. The zero-order valence-electron chi connectivity index (χ0n) is 18.1. The quantitative estimate of drug-likeness (QED) is 0.383. The number of hydrogen-bond donors (Lipinski definition) is 2. The van der Waals surface area contributed by atoms with Crippen LogP contribution in [-0.2, 0) is 4.74 Å². The van der Waals surface area contributed by atoms with E-state index in [1.54, 1.807) is 23.6 Å². The number of anilines is 2. The first-order valence-electron chi connectivity index (χ1n) is 11.0. The first kappa shape index (κ1) is 21.6. The van der Waals surface area contributed by atoms with Gasteiger partial charge in [-0.2, -0.15) is 0 Å². The molecule has 0 saturated carbocycles. The lowest BCUT2D eigenvalue weighted by molar-refractivity contribution is 0.0358. The molecule has 0 amide bonds. The van der Waals surface area contributed by atoms with Gasteiger partial charge in [-0.3, -0.25) is 9.69 Å². The number of rotatable bonds is 8. The number of H-pyrrole nitrogens is 1. The third-order valence-corrected chi connectivity index (χ3v) is 6.34. The first-order valence-corrected chi connectivity index (χ1v) is 11.9. The SMILES string of the molecule is O=c1ccc(Nc2nc(-c3cccc(OCCCN4CCOCC4)c3)nc3ccsc23)c[nH]1. The smallest absolute Gasteiger partial charge is 0.248 e. The Balaban J connectivity index is 1.31. The van der Waals surface area contributed by atoms with Crippen LogP contribution in [0.15, 0.2) is 58.8 Å². The molecule has 2 N–H and O–H groups in total. The van der Waals surface area contributed by atoms with Crippen LogP contribution in [0.25, 0.3) is 21.6 Å². The lowest BCUT2D eigenvalue weighted by atomic mass is 10.2. The minimum absolute atomic E-state index is 0.146. The van der Waals surface area contributed by atoms with Gasteiger partial charge in [-0.05, 0) is 36.1 Å². The highest BCUT2D eigenvalue weighted by molar-refractivity contribution is 7.17. The van der Waals surface area contributed by atoms with Crippen LogP contribution in [0, 0.1) is 0 Å². The Morgan fingerprint density at radius 2 is 2.06 bits per heavy atom. The van der Waals surface area contributed by atoms with E-state index in [-0.39, 0.29) is 5.56 Å². The Morgan fingerprint density at radius 3 is 2.91 bits per heavy atom. The number of aromatic nitrogens is 3. The molecular weight excluding hydrogens is 438 g/mol. The van der Waals surface area contributed by atoms with Gasteiger partial charge >= 0.3 is 0 Å². The van der Waals surface area contributed by atoms with Crippen molar-refractivity contribution in [3.63, 3.8) is 0 Å². The normalized spacial score (nSPS) is 14.4. The summed E-state index contributed by atoms with van der Waals surface area (Å²) < 4.78 is 12.4. The summed E-state index contributed by atoms with van der Waals surface area (Å²) >= 11 is 1.57. The van der Waals surface area contributed by atoms with Gasteiger partial charge in [0.05, 0.1) is 35.7 Å². The van der Waals surface area contributed by atoms with Crippen molar-refractivity contribution >= 4 is 33.1 Å². The first-order chi connectivity index (χ1) is 16.2. The van der Waals surface area contributed by atoms with E-state index < -0.39 is 0 Å². The average molecular weight is 464 g/mol. The Bertz CT molecular complexity index is 1260. The fourth-order valence-corrected chi connectivity index (χ4v) is 4.51. The van der Waals surface area contributed by atoms with Gasteiger partial charge in [0.2, 0.25) is 5.56 Å². The molecule has 5 rings (SSSR count). The average Bonchev–Trinajstić information content (AvgIpc) is 3.33. The van der Waals surface area contributed by atoms with Crippen LogP contribution >= 0.6 is 11.3 Å². The van der Waals surface area contributed by atoms with Gasteiger partial charge in [-0.15, -0.1) is 11.3 Å². The summed E-state index contributed by atoms with van der Waals surface area (Å²) in [6.07, 6.45) is 2.60. The summed E-state index contributed by atoms with van der Waals surface area (Å²) in [5.74, 6) is 2.12. The van der Waals surface area contributed by atoms with Crippen molar-refractivity contribution in [3.05, 3.63) is 64.4 Å². The van der Waals surface area contributed by atoms with Crippen molar-refractivity contribution in [2.24, 2.45) is 0 Å². The van der Waals surface area contributed by atoms with Crippen molar-refractivity contribution in [2.75, 3.05) is 44.8 Å². The largest absolute Gasteiger partial charge is 0.494 e. The van der Waals surface area contributed by atoms with Crippen LogP contribution in [0.2, 0.25) is 0 Å². The highest BCUT2D eigenvalue weighted by Gasteiger charge is 2.13. The van der Waals surface area contributed by atoms with E-state index >= 15 is 0 Å². The minimum Gasteiger partial charge on any atom is -0.494 e. The summed E-state index contributed by atoms with van der Waals surface area (Å²) in [5, 5.41) is 5.30. The molecule has 4 aromatic rings. The Hall–Kier alpha value is -3.27. The van der Waals surface area contributed by atoms with Crippen molar-refractivity contribution in [2.45, 2.75) is 6.42 Å². The van der Waals surface area contributed by atoms with E-state index in [0.29, 0.717) is 18.2 Å². The second-order valence-electron chi connectivity index (χ2n) is 7.78. The number of morpholine rings is 1. The molecular formula is C24H25N5O3S. The molecule has 1 fully saturated rings. The predicted octanol–water partition coefficient (Wildman–Crippen LogP) is 3.89. The number of hydrogen-bond acceptors (Lipinski definition) is 8. The topological polar surface area (TPSA) is 92.4 Å². The number of nitrogens with zero attached hydrogens (tertiary/aromatic N) is 3. The van der Waals surface area contributed by atoms with Gasteiger partial charge in [0.15, 0.2) is 11.6 Å². The Labute approximate surface area is 195 Å². The molecule has 1 aromatic carbocycles. The molecule has 1 aliphatic heterocycles. The monoisotopic (exact) mass is 463 g/mol. The van der Waals surface area contributed by atoms with E-state index in [0.717, 1.165) is 66.5 Å². The molecule has 170 valence electrons. The van der Waals surface area contributed by atoms with Crippen LogP contribution in [0.1, 0.15) is 6.42 Å². The maximum absolute atomic E-state index is 11.4. The summed E-state index contributed by atoms with van der Waals surface area (Å²) in [6.45, 7) is 5.29. The second kappa shape index (κ2) is 10.1. The molecule has 0 bridgehead atoms. The van der Waals surface area contributed by atoms with E-state index in [1.165, 1.54) is 6.07 Å². The molecule has 33 heavy (non-hydrogen) atoms. The van der Waals surface area contributed by atoms with Gasteiger partial charge in [0, 0.05) is 37.5 Å². The van der Waals surface area contributed by atoms with E-state index in [9.17, 15) is 4.79 Å². The van der Waals surface area contributed by atoms with E-state index in [1.807, 2.05) is 35.7 Å². The fourth-order valence-electron chi connectivity index (χ4n) is 3.73. The third-order valence-electron chi connectivity index (χ3n) is 5.43.